The first-order valence-electron chi connectivity index (χ1n) is 7.83. The van der Waals surface area contributed by atoms with Crippen LogP contribution in [0.1, 0.15) is 56.3 Å². The van der Waals surface area contributed by atoms with E-state index in [0.29, 0.717) is 24.0 Å². The van der Waals surface area contributed by atoms with Crippen LogP contribution in [0.5, 0.6) is 0 Å². The molecule has 0 aliphatic heterocycles. The highest BCUT2D eigenvalue weighted by Crippen LogP contribution is 2.40. The molecule has 0 aromatic heterocycles. The molecule has 2 rings (SSSR count). The van der Waals surface area contributed by atoms with Gasteiger partial charge in [-0.2, -0.15) is 0 Å². The average Bonchev–Trinajstić information content (AvgIpc) is 2.75. The summed E-state index contributed by atoms with van der Waals surface area (Å²) < 4.78 is 26.5. The molecule has 0 bridgehead atoms. The molecule has 0 unspecified atom stereocenters. The first-order valence-corrected chi connectivity index (χ1v) is 7.83. The minimum atomic E-state index is -0.907. The fourth-order valence-corrected chi connectivity index (χ4v) is 3.31. The molecule has 0 heterocycles. The molecule has 1 aliphatic rings. The van der Waals surface area contributed by atoms with E-state index >= 15 is 0 Å². The Morgan fingerprint density at radius 2 is 1.95 bits per heavy atom. The number of hydrogen-bond acceptors (Lipinski definition) is 2. The van der Waals surface area contributed by atoms with Gasteiger partial charge in [0.2, 0.25) is 0 Å². The zero-order chi connectivity index (χ0) is 15.4. The second kappa shape index (κ2) is 7.32. The summed E-state index contributed by atoms with van der Waals surface area (Å²) in [5.41, 5.74) is 1.20. The van der Waals surface area contributed by atoms with Crippen LogP contribution in [0.3, 0.4) is 0 Å². The molecular weight excluding hydrogens is 274 g/mol. The predicted molar refractivity (Wildman–Crippen MR) is 77.8 cm³/mol. The van der Waals surface area contributed by atoms with E-state index in [4.69, 9.17) is 0 Å². The molecule has 0 spiro atoms. The van der Waals surface area contributed by atoms with E-state index in [0.717, 1.165) is 31.7 Å². The van der Waals surface area contributed by atoms with E-state index in [2.05, 4.69) is 6.92 Å². The number of benzene rings is 1. The maximum atomic E-state index is 13.3. The number of fused-ring (bicyclic) bond motifs is 1. The predicted octanol–water partition coefficient (Wildman–Crippen LogP) is 3.75. The van der Waals surface area contributed by atoms with Crippen molar-refractivity contribution in [3.8, 4) is 0 Å². The van der Waals surface area contributed by atoms with E-state index < -0.39 is 17.7 Å². The molecule has 0 saturated carbocycles. The second-order valence-electron chi connectivity index (χ2n) is 6.15. The van der Waals surface area contributed by atoms with E-state index in [-0.39, 0.29) is 18.4 Å². The fourth-order valence-electron chi connectivity index (χ4n) is 3.31. The minimum absolute atomic E-state index is 0.0556. The summed E-state index contributed by atoms with van der Waals surface area (Å²) >= 11 is 0. The molecule has 0 amide bonds. The first-order chi connectivity index (χ1) is 10.1. The number of hydrogen-bond donors (Lipinski definition) is 2. The number of aliphatic hydroxyl groups is 2. The number of halogens is 2. The Balaban J connectivity index is 2.00. The Morgan fingerprint density at radius 1 is 1.24 bits per heavy atom. The van der Waals surface area contributed by atoms with Gasteiger partial charge in [-0.05, 0) is 54.4 Å². The van der Waals surface area contributed by atoms with Crippen LogP contribution in [0.2, 0.25) is 0 Å². The molecule has 1 aromatic rings. The summed E-state index contributed by atoms with van der Waals surface area (Å²) in [6.07, 6.45) is 4.77. The molecule has 4 heteroatoms. The van der Waals surface area contributed by atoms with Gasteiger partial charge in [-0.1, -0.05) is 26.2 Å². The first kappa shape index (κ1) is 16.4. The van der Waals surface area contributed by atoms with Crippen LogP contribution >= 0.6 is 0 Å². The lowest BCUT2D eigenvalue weighted by molar-refractivity contribution is 0.0921. The van der Waals surface area contributed by atoms with Gasteiger partial charge in [0.15, 0.2) is 11.6 Å². The SMILES string of the molecule is CCCCC[C@H](CO)C[C@H]1Cc2cc(F)c(F)cc2[C@H]1O. The summed E-state index contributed by atoms with van der Waals surface area (Å²) in [4.78, 5) is 0. The van der Waals surface area contributed by atoms with Crippen LogP contribution in [0, 0.1) is 23.5 Å². The molecule has 0 radical (unpaired) electrons. The molecule has 1 aliphatic carbocycles. The van der Waals surface area contributed by atoms with Gasteiger partial charge in [-0.15, -0.1) is 0 Å². The standard InChI is InChI=1S/C17H24F2O2/c1-2-3-4-5-11(10-20)6-13-7-12-8-15(18)16(19)9-14(12)17(13)21/h8-9,11,13,17,20-21H,2-7,10H2,1H3/t11-,13-,17-/m0/s1. The van der Waals surface area contributed by atoms with Crippen molar-refractivity contribution in [3.05, 3.63) is 34.9 Å². The summed E-state index contributed by atoms with van der Waals surface area (Å²) in [7, 11) is 0. The molecule has 0 fully saturated rings. The molecule has 118 valence electrons. The molecule has 3 atom stereocenters. The summed E-state index contributed by atoms with van der Waals surface area (Å²) in [5, 5.41) is 19.8. The summed E-state index contributed by atoms with van der Waals surface area (Å²) in [6, 6.07) is 2.30. The van der Waals surface area contributed by atoms with Crippen LogP contribution in [0.4, 0.5) is 8.78 Å². The molecule has 2 nitrogen and oxygen atoms in total. The Morgan fingerprint density at radius 3 is 2.62 bits per heavy atom. The summed E-state index contributed by atoms with van der Waals surface area (Å²) in [6.45, 7) is 2.24. The van der Waals surface area contributed by atoms with Crippen molar-refractivity contribution in [1.82, 2.24) is 0 Å². The van der Waals surface area contributed by atoms with Crippen molar-refractivity contribution >= 4 is 0 Å². The van der Waals surface area contributed by atoms with Gasteiger partial charge < -0.3 is 10.2 Å². The zero-order valence-electron chi connectivity index (χ0n) is 12.5. The van der Waals surface area contributed by atoms with Crippen LogP contribution in [0.25, 0.3) is 0 Å². The molecule has 21 heavy (non-hydrogen) atoms. The van der Waals surface area contributed by atoms with E-state index in [1.807, 2.05) is 0 Å². The largest absolute Gasteiger partial charge is 0.396 e. The van der Waals surface area contributed by atoms with Crippen LogP contribution in [0.15, 0.2) is 12.1 Å². The van der Waals surface area contributed by atoms with Crippen LogP contribution in [-0.4, -0.2) is 16.8 Å². The molecular formula is C17H24F2O2. The topological polar surface area (TPSA) is 40.5 Å². The van der Waals surface area contributed by atoms with Gasteiger partial charge in [-0.3, -0.25) is 0 Å². The van der Waals surface area contributed by atoms with Crippen molar-refractivity contribution in [2.24, 2.45) is 11.8 Å². The van der Waals surface area contributed by atoms with Crippen molar-refractivity contribution in [2.75, 3.05) is 6.61 Å². The van der Waals surface area contributed by atoms with Crippen LogP contribution in [-0.2, 0) is 6.42 Å². The molecule has 1 aromatic carbocycles. The third-order valence-corrected chi connectivity index (χ3v) is 4.54. The van der Waals surface area contributed by atoms with Crippen molar-refractivity contribution in [1.29, 1.82) is 0 Å². The quantitative estimate of drug-likeness (QED) is 0.753. The third-order valence-electron chi connectivity index (χ3n) is 4.54. The smallest absolute Gasteiger partial charge is 0.159 e. The maximum absolute atomic E-state index is 13.3. The van der Waals surface area contributed by atoms with Crippen molar-refractivity contribution in [3.63, 3.8) is 0 Å². The van der Waals surface area contributed by atoms with Crippen LogP contribution < -0.4 is 0 Å². The number of unbranched alkanes of at least 4 members (excludes halogenated alkanes) is 2. The third kappa shape index (κ3) is 3.80. The van der Waals surface area contributed by atoms with E-state index in [1.54, 1.807) is 0 Å². The highest BCUT2D eigenvalue weighted by Gasteiger charge is 2.33. The van der Waals surface area contributed by atoms with Gasteiger partial charge in [-0.25, -0.2) is 8.78 Å². The lowest BCUT2D eigenvalue weighted by Crippen LogP contribution is -2.16. The van der Waals surface area contributed by atoms with Gasteiger partial charge in [0.25, 0.3) is 0 Å². The molecule has 2 N–H and O–H groups in total. The lowest BCUT2D eigenvalue weighted by Gasteiger charge is -2.21. The van der Waals surface area contributed by atoms with Gasteiger partial charge in [0, 0.05) is 6.61 Å². The Labute approximate surface area is 124 Å². The fraction of sp³-hybridized carbons (Fsp3) is 0.647. The van der Waals surface area contributed by atoms with Crippen molar-refractivity contribution < 1.29 is 19.0 Å². The number of aliphatic hydroxyl groups excluding tert-OH is 2. The monoisotopic (exact) mass is 298 g/mol. The zero-order valence-corrected chi connectivity index (χ0v) is 12.5. The second-order valence-corrected chi connectivity index (χ2v) is 6.15. The Hall–Kier alpha value is -1.00. The lowest BCUT2D eigenvalue weighted by atomic mass is 9.88. The van der Waals surface area contributed by atoms with Gasteiger partial charge in [0.1, 0.15) is 0 Å². The number of rotatable bonds is 7. The van der Waals surface area contributed by atoms with E-state index in [1.165, 1.54) is 6.07 Å². The average molecular weight is 298 g/mol. The molecule has 0 saturated heterocycles. The highest BCUT2D eigenvalue weighted by molar-refractivity contribution is 5.35. The van der Waals surface area contributed by atoms with Crippen molar-refractivity contribution in [2.45, 2.75) is 51.6 Å². The van der Waals surface area contributed by atoms with Gasteiger partial charge >= 0.3 is 0 Å². The van der Waals surface area contributed by atoms with E-state index in [9.17, 15) is 19.0 Å². The van der Waals surface area contributed by atoms with Gasteiger partial charge in [0.05, 0.1) is 6.10 Å². The normalized spacial score (nSPS) is 22.3. The maximum Gasteiger partial charge on any atom is 0.159 e. The Kier molecular flexibility index (Phi) is 5.71. The highest BCUT2D eigenvalue weighted by atomic mass is 19.2. The summed E-state index contributed by atoms with van der Waals surface area (Å²) in [5.74, 6) is -1.67. The Bertz CT molecular complexity index is 476. The minimum Gasteiger partial charge on any atom is -0.396 e.